The van der Waals surface area contributed by atoms with Crippen LogP contribution < -0.4 is 10.2 Å². The number of hydrogen-bond acceptors (Lipinski definition) is 9. The number of amides is 2. The molecule has 1 unspecified atom stereocenters. The summed E-state index contributed by atoms with van der Waals surface area (Å²) in [6, 6.07) is 4.48. The predicted molar refractivity (Wildman–Crippen MR) is 109 cm³/mol. The van der Waals surface area contributed by atoms with Gasteiger partial charge in [-0.25, -0.2) is 18.9 Å². The van der Waals surface area contributed by atoms with Gasteiger partial charge in [0.25, 0.3) is 0 Å². The molecule has 2 aromatic heterocycles. The summed E-state index contributed by atoms with van der Waals surface area (Å²) in [5.41, 5.74) is 1.18. The maximum absolute atomic E-state index is 14.8. The van der Waals surface area contributed by atoms with Crippen LogP contribution in [0.3, 0.4) is 0 Å². The third-order valence-electron chi connectivity index (χ3n) is 4.33. The number of rotatable bonds is 7. The molecule has 3 heterocycles. The van der Waals surface area contributed by atoms with E-state index in [9.17, 15) is 14.0 Å². The second-order valence-corrected chi connectivity index (χ2v) is 7.64. The molecule has 0 radical (unpaired) electrons. The minimum Gasteiger partial charge on any atom is -0.442 e. The van der Waals surface area contributed by atoms with E-state index in [0.717, 1.165) is 5.01 Å². The fourth-order valence-corrected chi connectivity index (χ4v) is 3.80. The van der Waals surface area contributed by atoms with Crippen LogP contribution in [0.2, 0.25) is 0 Å². The van der Waals surface area contributed by atoms with Crippen LogP contribution in [0.1, 0.15) is 5.01 Å². The quantitative estimate of drug-likeness (QED) is 0.523. The molecule has 1 aliphatic rings. The molecular weight excluding hydrogens is 433 g/mol. The van der Waals surface area contributed by atoms with Gasteiger partial charge in [0, 0.05) is 10.9 Å². The van der Waals surface area contributed by atoms with Gasteiger partial charge in [0.2, 0.25) is 5.91 Å². The summed E-state index contributed by atoms with van der Waals surface area (Å²) in [6.07, 6.45) is 0.365. The number of benzene rings is 1. The zero-order chi connectivity index (χ0) is 21.1. The van der Waals surface area contributed by atoms with Crippen molar-refractivity contribution in [3.05, 3.63) is 40.7 Å². The van der Waals surface area contributed by atoms with Crippen molar-refractivity contribution < 1.29 is 18.7 Å². The van der Waals surface area contributed by atoms with E-state index in [1.54, 1.807) is 17.5 Å². The molecule has 1 aliphatic heterocycles. The first-order valence-electron chi connectivity index (χ1n) is 8.84. The number of aromatic nitrogens is 5. The summed E-state index contributed by atoms with van der Waals surface area (Å²) in [7, 11) is 0. The number of anilines is 1. The van der Waals surface area contributed by atoms with Crippen molar-refractivity contribution in [3.63, 3.8) is 0 Å². The first-order chi connectivity index (χ1) is 14.5. The van der Waals surface area contributed by atoms with Gasteiger partial charge in [-0.2, -0.15) is 12.6 Å². The Labute approximate surface area is 179 Å². The summed E-state index contributed by atoms with van der Waals surface area (Å²) in [4.78, 5) is 29.2. The molecule has 2 amide bonds. The molecule has 30 heavy (non-hydrogen) atoms. The van der Waals surface area contributed by atoms with Gasteiger partial charge in [0.1, 0.15) is 23.3 Å². The van der Waals surface area contributed by atoms with E-state index in [1.807, 2.05) is 0 Å². The van der Waals surface area contributed by atoms with Crippen molar-refractivity contribution in [3.8, 4) is 11.3 Å². The summed E-state index contributed by atoms with van der Waals surface area (Å²) in [6.45, 7) is 0.768. The summed E-state index contributed by atoms with van der Waals surface area (Å²) in [5.74, 6) is -0.720. The normalized spacial score (nSPS) is 16.0. The second kappa shape index (κ2) is 8.75. The molecular formula is C17H16FN7O3S2. The van der Waals surface area contributed by atoms with Crippen LogP contribution in [0.25, 0.3) is 11.3 Å². The van der Waals surface area contributed by atoms with Crippen molar-refractivity contribution in [1.29, 1.82) is 0 Å². The third kappa shape index (κ3) is 4.41. The molecule has 1 atom stereocenters. The van der Waals surface area contributed by atoms with E-state index in [0.29, 0.717) is 23.5 Å². The Morgan fingerprint density at radius 3 is 3.03 bits per heavy atom. The van der Waals surface area contributed by atoms with Gasteiger partial charge in [-0.3, -0.25) is 9.69 Å². The van der Waals surface area contributed by atoms with Gasteiger partial charge in [0.15, 0.2) is 0 Å². The molecule has 3 aromatic rings. The molecule has 1 N–H and O–H groups in total. The van der Waals surface area contributed by atoms with Gasteiger partial charge >= 0.3 is 6.09 Å². The fourth-order valence-electron chi connectivity index (χ4n) is 2.90. The van der Waals surface area contributed by atoms with Crippen LogP contribution in [0, 0.1) is 5.82 Å². The van der Waals surface area contributed by atoms with Crippen LogP contribution in [0.4, 0.5) is 14.9 Å². The van der Waals surface area contributed by atoms with Crippen molar-refractivity contribution in [2.24, 2.45) is 0 Å². The predicted octanol–water partition coefficient (Wildman–Crippen LogP) is 1.36. The first kappa shape index (κ1) is 20.2. The summed E-state index contributed by atoms with van der Waals surface area (Å²) in [5, 5.41) is 16.0. The van der Waals surface area contributed by atoms with Gasteiger partial charge in [0.05, 0.1) is 36.8 Å². The highest BCUT2D eigenvalue weighted by Crippen LogP contribution is 2.30. The van der Waals surface area contributed by atoms with E-state index >= 15 is 0 Å². The van der Waals surface area contributed by atoms with Crippen molar-refractivity contribution in [2.75, 3.05) is 23.7 Å². The molecule has 0 saturated carbocycles. The zero-order valence-electron chi connectivity index (χ0n) is 15.4. The third-order valence-corrected chi connectivity index (χ3v) is 5.45. The molecule has 1 fully saturated rings. The van der Waals surface area contributed by atoms with Crippen LogP contribution in [0.15, 0.2) is 29.9 Å². The van der Waals surface area contributed by atoms with Gasteiger partial charge < -0.3 is 10.1 Å². The number of tetrazole rings is 1. The van der Waals surface area contributed by atoms with Crippen LogP contribution in [-0.2, 0) is 16.1 Å². The molecule has 1 saturated heterocycles. The SMILES string of the molecule is O=C(CS)NCC1CN(c2ccc(-c3csc(Cn4cnnn4)n3)c(F)c2)C(=O)O1. The van der Waals surface area contributed by atoms with Crippen LogP contribution >= 0.6 is 24.0 Å². The number of ether oxygens (including phenoxy) is 1. The Kier molecular flexibility index (Phi) is 5.90. The average molecular weight is 449 g/mol. The van der Waals surface area contributed by atoms with E-state index in [-0.39, 0.29) is 24.7 Å². The number of nitrogens with zero attached hydrogens (tertiary/aromatic N) is 6. The van der Waals surface area contributed by atoms with Crippen molar-refractivity contribution in [1.82, 2.24) is 30.5 Å². The van der Waals surface area contributed by atoms with E-state index in [1.165, 1.54) is 33.3 Å². The lowest BCUT2D eigenvalue weighted by molar-refractivity contribution is -0.118. The Hall–Kier alpha value is -3.06. The number of carbonyl (C=O) groups is 2. The topological polar surface area (TPSA) is 115 Å². The number of thiol groups is 1. The average Bonchev–Trinajstić information content (AvgIpc) is 3.48. The molecule has 1 aromatic carbocycles. The van der Waals surface area contributed by atoms with Crippen molar-refractivity contribution in [2.45, 2.75) is 12.6 Å². The number of cyclic esters (lactones) is 1. The highest BCUT2D eigenvalue weighted by Gasteiger charge is 2.33. The summed E-state index contributed by atoms with van der Waals surface area (Å²) < 4.78 is 21.5. The highest BCUT2D eigenvalue weighted by atomic mass is 32.1. The molecule has 156 valence electrons. The Morgan fingerprint density at radius 2 is 2.30 bits per heavy atom. The number of carbonyl (C=O) groups excluding carboxylic acids is 2. The van der Waals surface area contributed by atoms with Gasteiger partial charge in [-0.1, -0.05) is 0 Å². The van der Waals surface area contributed by atoms with Crippen LogP contribution in [-0.4, -0.2) is 62.1 Å². The molecule has 10 nitrogen and oxygen atoms in total. The standard InChI is InChI=1S/C17H16FN7O3S2/c18-13-3-10(25-5-11(28-17(25)27)4-19-15(26)7-29)1-2-12(13)14-8-30-16(21-14)6-24-9-20-22-23-24/h1-3,8-9,11,29H,4-7H2,(H,19,26). The number of hydrogen-bond donors (Lipinski definition) is 2. The van der Waals surface area contributed by atoms with Crippen molar-refractivity contribution >= 4 is 41.7 Å². The molecule has 4 rings (SSSR count). The largest absolute Gasteiger partial charge is 0.442 e. The van der Waals surface area contributed by atoms with E-state index in [2.05, 4.69) is 38.5 Å². The zero-order valence-corrected chi connectivity index (χ0v) is 17.1. The lowest BCUT2D eigenvalue weighted by atomic mass is 10.1. The minimum atomic E-state index is -0.593. The summed E-state index contributed by atoms with van der Waals surface area (Å²) >= 11 is 5.25. The smallest absolute Gasteiger partial charge is 0.414 e. The molecule has 0 aliphatic carbocycles. The maximum Gasteiger partial charge on any atom is 0.414 e. The lowest BCUT2D eigenvalue weighted by Gasteiger charge is -2.14. The highest BCUT2D eigenvalue weighted by molar-refractivity contribution is 7.81. The number of nitrogens with one attached hydrogen (secondary N) is 1. The van der Waals surface area contributed by atoms with E-state index in [4.69, 9.17) is 4.74 Å². The van der Waals surface area contributed by atoms with Crippen LogP contribution in [0.5, 0.6) is 0 Å². The Morgan fingerprint density at radius 1 is 1.43 bits per heavy atom. The maximum atomic E-state index is 14.8. The fraction of sp³-hybridized carbons (Fsp3) is 0.294. The second-order valence-electron chi connectivity index (χ2n) is 6.38. The monoisotopic (exact) mass is 449 g/mol. The lowest BCUT2D eigenvalue weighted by Crippen LogP contribution is -2.35. The number of thiazole rings is 1. The van der Waals surface area contributed by atoms with Gasteiger partial charge in [-0.05, 0) is 28.6 Å². The molecule has 13 heteroatoms. The minimum absolute atomic E-state index is 0.0467. The Balaban J connectivity index is 1.45. The Bertz CT molecular complexity index is 1060. The number of halogens is 1. The molecule has 0 spiro atoms. The first-order valence-corrected chi connectivity index (χ1v) is 10.4. The van der Waals surface area contributed by atoms with Gasteiger partial charge in [-0.15, -0.1) is 16.4 Å². The molecule has 0 bridgehead atoms. The van der Waals surface area contributed by atoms with E-state index < -0.39 is 18.0 Å².